The summed E-state index contributed by atoms with van der Waals surface area (Å²) in [6.45, 7) is 7.89. The van der Waals surface area contributed by atoms with Crippen molar-refractivity contribution in [1.82, 2.24) is 31.5 Å². The Morgan fingerprint density at radius 3 is 1.98 bits per heavy atom. The molecule has 1 aliphatic carbocycles. The zero-order valence-corrected chi connectivity index (χ0v) is 31.4. The molecule has 0 spiro atoms. The quantitative estimate of drug-likeness (QED) is 0.219. The van der Waals surface area contributed by atoms with E-state index in [2.05, 4.69) is 26.6 Å². The number of carbonyl (C=O) groups excluding carboxylic acids is 4. The smallest absolute Gasteiger partial charge is 0.247 e. The average molecular weight is 721 g/mol. The van der Waals surface area contributed by atoms with Crippen molar-refractivity contribution in [3.63, 3.8) is 0 Å². The molecule has 0 bridgehead atoms. The van der Waals surface area contributed by atoms with Gasteiger partial charge in [0.15, 0.2) is 0 Å². The fraction of sp³-hybridized carbons (Fsp3) is 0.553. The molecule has 270 valence electrons. The fourth-order valence-corrected chi connectivity index (χ4v) is 9.17. The highest BCUT2D eigenvalue weighted by Gasteiger charge is 2.54. The molecule has 12 heteroatoms. The van der Waals surface area contributed by atoms with Crippen molar-refractivity contribution in [1.29, 1.82) is 0 Å². The van der Waals surface area contributed by atoms with E-state index in [0.717, 1.165) is 24.2 Å². The Morgan fingerprint density at radius 1 is 0.840 bits per heavy atom. The number of benzene rings is 2. The highest BCUT2D eigenvalue weighted by molar-refractivity contribution is 7.99. The number of thioether (sulfide) groups is 1. The topological polar surface area (TPSA) is 132 Å². The van der Waals surface area contributed by atoms with Crippen molar-refractivity contribution in [3.8, 4) is 0 Å². The van der Waals surface area contributed by atoms with Gasteiger partial charge in [0, 0.05) is 12.1 Å². The molecule has 5 N–H and O–H groups in total. The Hall–Kier alpha value is -3.48. The van der Waals surface area contributed by atoms with Gasteiger partial charge in [-0.05, 0) is 81.7 Å². The van der Waals surface area contributed by atoms with Crippen LogP contribution in [0.5, 0.6) is 0 Å². The number of fused-ring (bicyclic) bond motifs is 1. The lowest BCUT2D eigenvalue weighted by atomic mass is 9.83. The van der Waals surface area contributed by atoms with Crippen LogP contribution in [-0.2, 0) is 19.2 Å². The van der Waals surface area contributed by atoms with Gasteiger partial charge in [-0.2, -0.15) is 0 Å². The lowest BCUT2D eigenvalue weighted by molar-refractivity contribution is -0.143. The van der Waals surface area contributed by atoms with Gasteiger partial charge in [0.1, 0.15) is 18.1 Å². The molecule has 3 fully saturated rings. The molecular formula is C38H52N6O4S2. The number of hydrogen-bond acceptors (Lipinski definition) is 7. The lowest BCUT2D eigenvalue weighted by Gasteiger charge is -2.35. The van der Waals surface area contributed by atoms with Gasteiger partial charge >= 0.3 is 0 Å². The second-order valence-electron chi connectivity index (χ2n) is 14.6. The maximum absolute atomic E-state index is 14.3. The van der Waals surface area contributed by atoms with Crippen molar-refractivity contribution < 1.29 is 19.2 Å². The molecule has 4 amide bonds. The van der Waals surface area contributed by atoms with Crippen molar-refractivity contribution in [2.24, 2.45) is 5.41 Å². The molecule has 3 aliphatic rings. The van der Waals surface area contributed by atoms with Gasteiger partial charge in [0.05, 0.1) is 22.3 Å². The molecule has 6 atom stereocenters. The normalized spacial score (nSPS) is 26.4. The number of rotatable bonds is 11. The summed E-state index contributed by atoms with van der Waals surface area (Å²) >= 11 is 7.26. The Morgan fingerprint density at radius 2 is 1.40 bits per heavy atom. The lowest BCUT2D eigenvalue weighted by Crippen LogP contribution is -2.58. The van der Waals surface area contributed by atoms with Crippen LogP contribution in [0.1, 0.15) is 89.3 Å². The second-order valence-corrected chi connectivity index (χ2v) is 16.3. The maximum atomic E-state index is 14.3. The van der Waals surface area contributed by atoms with E-state index in [9.17, 15) is 19.2 Å². The fourth-order valence-electron chi connectivity index (χ4n) is 7.33. The van der Waals surface area contributed by atoms with Crippen molar-refractivity contribution in [2.75, 3.05) is 12.8 Å². The van der Waals surface area contributed by atoms with E-state index >= 15 is 0 Å². The van der Waals surface area contributed by atoms with Crippen LogP contribution in [-0.4, -0.2) is 81.9 Å². The van der Waals surface area contributed by atoms with Crippen molar-refractivity contribution in [2.45, 2.75) is 114 Å². The first-order chi connectivity index (χ1) is 23.9. The molecule has 2 heterocycles. The monoisotopic (exact) mass is 720 g/mol. The summed E-state index contributed by atoms with van der Waals surface area (Å²) in [5.74, 6) is -0.247. The standard InChI is InChI=1S/C38H52N6O4S2/c1-23(25-12-8-6-9-13-25)33(45)40-27-16-18-28(19-17-27)41-34(46)31(26-14-10-7-11-15-26)43-35(47)32-38(3,4)22-30-44(32)37(48)29(20-21-50-30)42-36(49)24(2)39-5/h6-15,23-24,27-32,39H,16-22H2,1-5H3,(H,40,45)(H,41,46)(H,42,49)(H,43,47)/t23-,24-,27?,28?,29-,30-,31+,32+/m0/s1. The number of thiocarbonyl (C=S) groups is 1. The van der Waals surface area contributed by atoms with Gasteiger partial charge in [-0.3, -0.25) is 19.2 Å². The van der Waals surface area contributed by atoms with Crippen LogP contribution in [0.4, 0.5) is 0 Å². The predicted octanol–water partition coefficient (Wildman–Crippen LogP) is 4.17. The molecule has 0 aromatic heterocycles. The van der Waals surface area contributed by atoms with E-state index in [1.807, 2.05) is 95.4 Å². The van der Waals surface area contributed by atoms with E-state index in [-0.39, 0.29) is 53.0 Å². The second kappa shape index (κ2) is 16.7. The van der Waals surface area contributed by atoms with Crippen molar-refractivity contribution >= 4 is 52.6 Å². The highest BCUT2D eigenvalue weighted by Crippen LogP contribution is 2.46. The predicted molar refractivity (Wildman–Crippen MR) is 202 cm³/mol. The van der Waals surface area contributed by atoms with Gasteiger partial charge in [-0.1, -0.05) is 86.7 Å². The third-order valence-corrected chi connectivity index (χ3v) is 12.2. The van der Waals surface area contributed by atoms with Crippen LogP contribution in [0.2, 0.25) is 0 Å². The molecule has 0 unspecified atom stereocenters. The Kier molecular flexibility index (Phi) is 12.6. The molecule has 2 aromatic rings. The van der Waals surface area contributed by atoms with Crippen LogP contribution in [0.25, 0.3) is 0 Å². The summed E-state index contributed by atoms with van der Waals surface area (Å²) in [7, 11) is 1.82. The molecule has 2 aromatic carbocycles. The van der Waals surface area contributed by atoms with E-state index in [1.165, 1.54) is 0 Å². The first kappa shape index (κ1) is 37.8. The number of nitrogens with one attached hydrogen (secondary N) is 5. The number of likely N-dealkylation sites (N-methyl/N-ethyl adjacent to an activating group) is 1. The largest absolute Gasteiger partial charge is 0.367 e. The van der Waals surface area contributed by atoms with Crippen LogP contribution < -0.4 is 26.6 Å². The molecule has 10 nitrogen and oxygen atoms in total. The molecule has 50 heavy (non-hydrogen) atoms. The van der Waals surface area contributed by atoms with Crippen LogP contribution in [0.15, 0.2) is 60.7 Å². The first-order valence-corrected chi connectivity index (χ1v) is 19.3. The zero-order chi connectivity index (χ0) is 36.0. The average Bonchev–Trinajstić information content (AvgIpc) is 3.31. The van der Waals surface area contributed by atoms with Gasteiger partial charge in [0.2, 0.25) is 23.6 Å². The number of hydrogen-bond donors (Lipinski definition) is 5. The molecule has 1 saturated carbocycles. The van der Waals surface area contributed by atoms with Crippen molar-refractivity contribution in [3.05, 3.63) is 71.8 Å². The Labute approximate surface area is 306 Å². The van der Waals surface area contributed by atoms with E-state index in [0.29, 0.717) is 36.2 Å². The number of amides is 4. The maximum Gasteiger partial charge on any atom is 0.247 e. The van der Waals surface area contributed by atoms with E-state index in [4.69, 9.17) is 12.2 Å². The molecule has 0 radical (unpaired) electrons. The van der Waals surface area contributed by atoms with E-state index < -0.39 is 23.5 Å². The minimum Gasteiger partial charge on any atom is -0.367 e. The van der Waals surface area contributed by atoms with Crippen LogP contribution in [0, 0.1) is 5.41 Å². The van der Waals surface area contributed by atoms with E-state index in [1.54, 1.807) is 16.7 Å². The van der Waals surface area contributed by atoms with Gasteiger partial charge in [-0.25, -0.2) is 0 Å². The molecule has 2 saturated heterocycles. The Bertz CT molecular complexity index is 1520. The minimum atomic E-state index is -0.935. The van der Waals surface area contributed by atoms with Gasteiger partial charge in [0.25, 0.3) is 0 Å². The van der Waals surface area contributed by atoms with Crippen LogP contribution >= 0.6 is 24.0 Å². The highest BCUT2D eigenvalue weighted by atomic mass is 32.2. The number of carbonyl (C=O) groups is 4. The summed E-state index contributed by atoms with van der Waals surface area (Å²) in [4.78, 5) is 57.7. The Balaban J connectivity index is 1.25. The third kappa shape index (κ3) is 8.87. The summed E-state index contributed by atoms with van der Waals surface area (Å²) < 4.78 is 0. The molecular weight excluding hydrogens is 669 g/mol. The first-order valence-electron chi connectivity index (χ1n) is 17.8. The molecule has 5 rings (SSSR count). The number of nitrogens with zero attached hydrogens (tertiary/aromatic N) is 1. The minimum absolute atomic E-state index is 0.00578. The summed E-state index contributed by atoms with van der Waals surface area (Å²) in [6.07, 6.45) is 4.19. The zero-order valence-electron chi connectivity index (χ0n) is 29.7. The van der Waals surface area contributed by atoms with Gasteiger partial charge in [-0.15, -0.1) is 11.8 Å². The summed E-state index contributed by atoms with van der Waals surface area (Å²) in [6, 6.07) is 16.6. The SMILES string of the molecule is CN[C@@H](C)C(=S)N[C@H]1CCS[C@H]2CC(C)(C)[C@@H](C(=O)N[C@@H](C(=O)NC3CCC(NC(=O)[C@@H](C)c4ccccc4)CC3)c3ccccc3)N2C1=O. The van der Waals surface area contributed by atoms with Crippen LogP contribution in [0.3, 0.4) is 0 Å². The summed E-state index contributed by atoms with van der Waals surface area (Å²) in [5.41, 5.74) is 1.13. The summed E-state index contributed by atoms with van der Waals surface area (Å²) in [5, 5.41) is 15.7. The molecule has 2 aliphatic heterocycles. The third-order valence-electron chi connectivity index (χ3n) is 10.5. The van der Waals surface area contributed by atoms with Gasteiger partial charge < -0.3 is 31.5 Å².